The van der Waals surface area contributed by atoms with Gasteiger partial charge in [-0.15, -0.1) is 0 Å². The molecule has 0 unspecified atom stereocenters. The maximum absolute atomic E-state index is 11.5. The Balaban J connectivity index is 1.86. The molecule has 2 N–H and O–H groups in total. The lowest BCUT2D eigenvalue weighted by Crippen LogP contribution is -2.11. The Morgan fingerprint density at radius 2 is 2.04 bits per heavy atom. The Bertz CT molecular complexity index is 978. The molecule has 3 rings (SSSR count). The maximum Gasteiger partial charge on any atom is 0.339 e. The average Bonchev–Trinajstić information content (AvgIpc) is 2.68. The summed E-state index contributed by atoms with van der Waals surface area (Å²) in [5.74, 6) is -0.978. The van der Waals surface area contributed by atoms with Crippen LogP contribution in [0.15, 0.2) is 54.9 Å². The number of carboxylic acid groups (broad SMARTS) is 1. The summed E-state index contributed by atoms with van der Waals surface area (Å²) in [7, 11) is 0. The van der Waals surface area contributed by atoms with E-state index in [4.69, 9.17) is 0 Å². The van der Waals surface area contributed by atoms with Gasteiger partial charge < -0.3 is 10.4 Å². The smallest absolute Gasteiger partial charge is 0.339 e. The van der Waals surface area contributed by atoms with E-state index >= 15 is 0 Å². The number of aromatic carboxylic acids is 1. The van der Waals surface area contributed by atoms with Crippen molar-refractivity contribution in [3.05, 3.63) is 76.2 Å². The quantitative estimate of drug-likeness (QED) is 0.482. The van der Waals surface area contributed by atoms with E-state index in [2.05, 4.69) is 20.3 Å². The summed E-state index contributed by atoms with van der Waals surface area (Å²) in [5, 5.41) is 23.4. The summed E-state index contributed by atoms with van der Waals surface area (Å²) in [6.45, 7) is 0.498. The Morgan fingerprint density at radius 3 is 2.74 bits per heavy atom. The van der Waals surface area contributed by atoms with E-state index in [1.807, 2.05) is 18.2 Å². The van der Waals surface area contributed by atoms with Gasteiger partial charge in [0.25, 0.3) is 5.69 Å². The van der Waals surface area contributed by atoms with E-state index < -0.39 is 10.9 Å². The average molecular weight is 365 g/mol. The lowest BCUT2D eigenvalue weighted by molar-refractivity contribution is -0.384. The summed E-state index contributed by atoms with van der Waals surface area (Å²) in [6.07, 6.45) is 3.53. The van der Waals surface area contributed by atoms with Crippen molar-refractivity contribution in [3.63, 3.8) is 0 Å². The number of nitrogens with one attached hydrogen (secondary N) is 1. The highest BCUT2D eigenvalue weighted by Crippen LogP contribution is 2.26. The maximum atomic E-state index is 11.5. The molecular formula is C18H15N5O4. The highest BCUT2D eigenvalue weighted by atomic mass is 16.6. The predicted octanol–water partition coefficient (Wildman–Crippen LogP) is 2.80. The highest BCUT2D eigenvalue weighted by molar-refractivity contribution is 5.94. The largest absolute Gasteiger partial charge is 0.478 e. The number of pyridine rings is 1. The van der Waals surface area contributed by atoms with E-state index in [0.29, 0.717) is 18.5 Å². The molecule has 27 heavy (non-hydrogen) atoms. The van der Waals surface area contributed by atoms with Crippen LogP contribution in [0.2, 0.25) is 0 Å². The number of carboxylic acids is 1. The van der Waals surface area contributed by atoms with Gasteiger partial charge in [-0.3, -0.25) is 15.1 Å². The third kappa shape index (κ3) is 4.40. The molecule has 0 saturated carbocycles. The summed E-state index contributed by atoms with van der Waals surface area (Å²) < 4.78 is 0. The number of hydrogen-bond acceptors (Lipinski definition) is 7. The third-order valence-electron chi connectivity index (χ3n) is 3.74. The molecule has 136 valence electrons. The molecule has 9 heteroatoms. The van der Waals surface area contributed by atoms with Crippen molar-refractivity contribution in [3.8, 4) is 11.3 Å². The van der Waals surface area contributed by atoms with Crippen LogP contribution in [0, 0.1) is 10.1 Å². The van der Waals surface area contributed by atoms with Crippen LogP contribution in [-0.2, 0) is 6.42 Å². The second-order valence-electron chi connectivity index (χ2n) is 5.57. The number of benzene rings is 1. The predicted molar refractivity (Wildman–Crippen MR) is 97.5 cm³/mol. The van der Waals surface area contributed by atoms with E-state index in [9.17, 15) is 20.0 Å². The van der Waals surface area contributed by atoms with Crippen molar-refractivity contribution >= 4 is 17.6 Å². The molecular weight excluding hydrogens is 350 g/mol. The number of aromatic nitrogens is 3. The van der Waals surface area contributed by atoms with Crippen molar-refractivity contribution < 1.29 is 14.8 Å². The minimum atomic E-state index is -1.21. The Kier molecular flexibility index (Phi) is 5.31. The lowest BCUT2D eigenvalue weighted by atomic mass is 10.1. The number of anilines is 1. The van der Waals surface area contributed by atoms with Crippen LogP contribution < -0.4 is 5.32 Å². The molecule has 0 bridgehead atoms. The third-order valence-corrected chi connectivity index (χ3v) is 3.74. The topological polar surface area (TPSA) is 131 Å². The van der Waals surface area contributed by atoms with Gasteiger partial charge in [-0.25, -0.2) is 14.8 Å². The van der Waals surface area contributed by atoms with Gasteiger partial charge >= 0.3 is 5.97 Å². The summed E-state index contributed by atoms with van der Waals surface area (Å²) in [4.78, 5) is 34.4. The van der Waals surface area contributed by atoms with Gasteiger partial charge in [0.1, 0.15) is 5.56 Å². The van der Waals surface area contributed by atoms with Crippen LogP contribution in [0.25, 0.3) is 11.3 Å². The van der Waals surface area contributed by atoms with E-state index in [-0.39, 0.29) is 22.9 Å². The van der Waals surface area contributed by atoms with Crippen molar-refractivity contribution in [2.75, 3.05) is 11.9 Å². The van der Waals surface area contributed by atoms with Crippen LogP contribution in [0.5, 0.6) is 0 Å². The fourth-order valence-electron chi connectivity index (χ4n) is 2.46. The molecule has 0 aliphatic heterocycles. The van der Waals surface area contributed by atoms with Crippen molar-refractivity contribution in [1.82, 2.24) is 15.0 Å². The van der Waals surface area contributed by atoms with Crippen molar-refractivity contribution in [2.24, 2.45) is 0 Å². The number of nitrogens with zero attached hydrogens (tertiary/aromatic N) is 4. The van der Waals surface area contributed by atoms with E-state index in [0.717, 1.165) is 5.69 Å². The summed E-state index contributed by atoms with van der Waals surface area (Å²) in [5.41, 5.74) is 1.06. The Labute approximate surface area is 153 Å². The highest BCUT2D eigenvalue weighted by Gasteiger charge is 2.17. The monoisotopic (exact) mass is 365 g/mol. The summed E-state index contributed by atoms with van der Waals surface area (Å²) >= 11 is 0. The van der Waals surface area contributed by atoms with E-state index in [1.165, 1.54) is 24.4 Å². The Morgan fingerprint density at radius 1 is 1.19 bits per heavy atom. The van der Waals surface area contributed by atoms with Gasteiger partial charge in [-0.05, 0) is 12.1 Å². The number of nitro benzene ring substituents is 1. The van der Waals surface area contributed by atoms with Crippen LogP contribution in [0.3, 0.4) is 0 Å². The molecule has 0 aliphatic rings. The number of nitro groups is 1. The van der Waals surface area contributed by atoms with Crippen molar-refractivity contribution in [1.29, 1.82) is 0 Å². The zero-order valence-corrected chi connectivity index (χ0v) is 14.1. The molecule has 0 aliphatic carbocycles. The SMILES string of the molecule is O=C(O)c1cnc(NCCc2ccccn2)nc1-c1cccc([N+](=O)[O-])c1. The molecule has 2 aromatic heterocycles. The fourth-order valence-corrected chi connectivity index (χ4v) is 2.46. The first-order valence-corrected chi connectivity index (χ1v) is 8.03. The van der Waals surface area contributed by atoms with Crippen molar-refractivity contribution in [2.45, 2.75) is 6.42 Å². The number of carbonyl (C=O) groups is 1. The van der Waals surface area contributed by atoms with Crippen LogP contribution in [-0.4, -0.2) is 37.5 Å². The molecule has 0 fully saturated rings. The van der Waals surface area contributed by atoms with Gasteiger partial charge in [-0.2, -0.15) is 0 Å². The van der Waals surface area contributed by atoms with Crippen LogP contribution in [0.4, 0.5) is 11.6 Å². The standard InChI is InChI=1S/C18H15N5O4/c24-17(25)15-11-21-18(20-9-7-13-5-1-2-8-19-13)22-16(15)12-4-3-6-14(10-12)23(26)27/h1-6,8,10-11H,7,9H2,(H,24,25)(H,20,21,22). The van der Waals surface area contributed by atoms with Gasteiger partial charge in [0.15, 0.2) is 0 Å². The number of rotatable bonds is 7. The van der Waals surface area contributed by atoms with E-state index in [1.54, 1.807) is 12.3 Å². The molecule has 3 aromatic rings. The minimum Gasteiger partial charge on any atom is -0.478 e. The zero-order chi connectivity index (χ0) is 19.2. The molecule has 0 atom stereocenters. The van der Waals surface area contributed by atoms with Gasteiger partial charge in [0.2, 0.25) is 5.95 Å². The van der Waals surface area contributed by atoms with Gasteiger partial charge in [0.05, 0.1) is 10.6 Å². The molecule has 2 heterocycles. The second kappa shape index (κ2) is 8.00. The lowest BCUT2D eigenvalue weighted by Gasteiger charge is -2.09. The fraction of sp³-hybridized carbons (Fsp3) is 0.111. The van der Waals surface area contributed by atoms with Crippen LogP contribution >= 0.6 is 0 Å². The molecule has 0 saturated heterocycles. The molecule has 1 aromatic carbocycles. The first-order chi connectivity index (χ1) is 13.0. The first kappa shape index (κ1) is 17.9. The first-order valence-electron chi connectivity index (χ1n) is 8.03. The Hall–Kier alpha value is -3.88. The summed E-state index contributed by atoms with van der Waals surface area (Å²) in [6, 6.07) is 11.3. The molecule has 0 spiro atoms. The zero-order valence-electron chi connectivity index (χ0n) is 14.1. The molecule has 9 nitrogen and oxygen atoms in total. The minimum absolute atomic E-state index is 0.113. The molecule has 0 radical (unpaired) electrons. The van der Waals surface area contributed by atoms with Gasteiger partial charge in [0, 0.05) is 48.7 Å². The molecule has 0 amide bonds. The number of hydrogen-bond donors (Lipinski definition) is 2. The second-order valence-corrected chi connectivity index (χ2v) is 5.57. The number of non-ortho nitro benzene ring substituents is 1. The van der Waals surface area contributed by atoms with Crippen LogP contribution in [0.1, 0.15) is 16.1 Å². The van der Waals surface area contributed by atoms with Gasteiger partial charge in [-0.1, -0.05) is 18.2 Å². The normalized spacial score (nSPS) is 10.4.